The third kappa shape index (κ3) is 4.08. The number of aromatic nitrogens is 2. The van der Waals surface area contributed by atoms with Gasteiger partial charge in [-0.2, -0.15) is 5.10 Å². The summed E-state index contributed by atoms with van der Waals surface area (Å²) in [6.07, 6.45) is 2.25. The highest BCUT2D eigenvalue weighted by Crippen LogP contribution is 2.27. The van der Waals surface area contributed by atoms with Crippen molar-refractivity contribution in [1.82, 2.24) is 20.4 Å². The molecule has 0 spiro atoms. The summed E-state index contributed by atoms with van der Waals surface area (Å²) in [5.74, 6) is -0.372. The summed E-state index contributed by atoms with van der Waals surface area (Å²) in [6.45, 7) is 2.32. The molecular formula is C20H20ClN5O3. The number of nitrogens with zero attached hydrogens (tertiary/aromatic N) is 3. The Kier molecular flexibility index (Phi) is 5.46. The molecular weight excluding hydrogens is 394 g/mol. The highest BCUT2D eigenvalue weighted by Gasteiger charge is 2.25. The average Bonchev–Trinajstić information content (AvgIpc) is 3.37. The van der Waals surface area contributed by atoms with Crippen molar-refractivity contribution in [3.8, 4) is 0 Å². The Labute approximate surface area is 172 Å². The van der Waals surface area contributed by atoms with E-state index in [1.165, 1.54) is 12.1 Å². The zero-order valence-electron chi connectivity index (χ0n) is 15.6. The first-order valence-electron chi connectivity index (χ1n) is 9.43. The van der Waals surface area contributed by atoms with Crippen LogP contribution in [0.15, 0.2) is 42.5 Å². The first-order chi connectivity index (χ1) is 14.0. The van der Waals surface area contributed by atoms with E-state index in [9.17, 15) is 14.9 Å². The highest BCUT2D eigenvalue weighted by molar-refractivity contribution is 6.30. The molecule has 0 aliphatic carbocycles. The van der Waals surface area contributed by atoms with Crippen molar-refractivity contribution in [2.24, 2.45) is 0 Å². The van der Waals surface area contributed by atoms with E-state index in [-0.39, 0.29) is 23.3 Å². The van der Waals surface area contributed by atoms with Gasteiger partial charge < -0.3 is 5.32 Å². The van der Waals surface area contributed by atoms with E-state index >= 15 is 0 Å². The first kappa shape index (κ1) is 19.4. The number of nitrogens with one attached hydrogen (secondary N) is 2. The number of benzene rings is 2. The molecule has 1 aliphatic heterocycles. The van der Waals surface area contributed by atoms with E-state index in [4.69, 9.17) is 11.6 Å². The molecule has 9 heteroatoms. The number of rotatable bonds is 6. The van der Waals surface area contributed by atoms with E-state index < -0.39 is 4.92 Å². The lowest BCUT2D eigenvalue weighted by Gasteiger charge is -2.28. The highest BCUT2D eigenvalue weighted by atomic mass is 35.5. The number of halogens is 1. The lowest BCUT2D eigenvalue weighted by atomic mass is 10.1. The van der Waals surface area contributed by atoms with E-state index in [0.29, 0.717) is 22.5 Å². The Bertz CT molecular complexity index is 1060. The minimum atomic E-state index is -0.489. The van der Waals surface area contributed by atoms with Crippen LogP contribution in [-0.4, -0.2) is 45.6 Å². The minimum Gasteiger partial charge on any atom is -0.349 e. The molecule has 8 nitrogen and oxygen atoms in total. The Morgan fingerprint density at radius 3 is 2.79 bits per heavy atom. The van der Waals surface area contributed by atoms with Crippen LogP contribution in [0.3, 0.4) is 0 Å². The Morgan fingerprint density at radius 2 is 2.07 bits per heavy atom. The number of aromatic amines is 1. The van der Waals surface area contributed by atoms with Crippen LogP contribution in [0.2, 0.25) is 5.02 Å². The van der Waals surface area contributed by atoms with Gasteiger partial charge in [0.15, 0.2) is 5.69 Å². The maximum atomic E-state index is 12.8. The predicted molar refractivity (Wildman–Crippen MR) is 110 cm³/mol. The molecule has 1 aromatic heterocycles. The number of amides is 1. The number of hydrogen-bond acceptors (Lipinski definition) is 5. The average molecular weight is 414 g/mol. The SMILES string of the molecule is O=C(NCC(c1cccc(Cl)c1)N1CCCC1)c1n[nH]c2ccc([N+](=O)[O-])cc12. The molecule has 1 atom stereocenters. The van der Waals surface area contributed by atoms with Gasteiger partial charge in [-0.05, 0) is 49.7 Å². The molecule has 4 rings (SSSR count). The predicted octanol–water partition coefficient (Wildman–Crippen LogP) is 3.69. The molecule has 1 unspecified atom stereocenters. The van der Waals surface area contributed by atoms with Crippen molar-refractivity contribution in [1.29, 1.82) is 0 Å². The maximum absolute atomic E-state index is 12.8. The van der Waals surface area contributed by atoms with Gasteiger partial charge in [0, 0.05) is 29.1 Å². The van der Waals surface area contributed by atoms with Gasteiger partial charge in [0.2, 0.25) is 0 Å². The number of non-ortho nitro benzene ring substituents is 1. The number of nitro groups is 1. The Balaban J connectivity index is 1.56. The zero-order valence-corrected chi connectivity index (χ0v) is 16.4. The monoisotopic (exact) mass is 413 g/mol. The topological polar surface area (TPSA) is 104 Å². The molecule has 0 bridgehead atoms. The van der Waals surface area contributed by atoms with Gasteiger partial charge in [-0.25, -0.2) is 0 Å². The molecule has 150 valence electrons. The summed E-state index contributed by atoms with van der Waals surface area (Å²) >= 11 is 6.17. The summed E-state index contributed by atoms with van der Waals surface area (Å²) in [5, 5.41) is 21.9. The molecule has 0 radical (unpaired) electrons. The summed E-state index contributed by atoms with van der Waals surface area (Å²) in [6, 6.07) is 12.0. The van der Waals surface area contributed by atoms with Gasteiger partial charge in [0.1, 0.15) is 0 Å². The number of hydrogen-bond donors (Lipinski definition) is 2. The molecule has 3 aromatic rings. The van der Waals surface area contributed by atoms with Crippen LogP contribution in [0.25, 0.3) is 10.9 Å². The van der Waals surface area contributed by atoms with Gasteiger partial charge in [0.05, 0.1) is 16.5 Å². The second kappa shape index (κ2) is 8.18. The van der Waals surface area contributed by atoms with Crippen molar-refractivity contribution in [3.05, 3.63) is 68.9 Å². The van der Waals surface area contributed by atoms with E-state index in [0.717, 1.165) is 31.5 Å². The number of H-pyrrole nitrogens is 1. The molecule has 29 heavy (non-hydrogen) atoms. The normalized spacial score (nSPS) is 15.5. The van der Waals surface area contributed by atoms with Crippen LogP contribution in [0, 0.1) is 10.1 Å². The quantitative estimate of drug-likeness (QED) is 0.473. The van der Waals surface area contributed by atoms with Gasteiger partial charge in [-0.3, -0.25) is 24.9 Å². The molecule has 1 amide bonds. The molecule has 2 aromatic carbocycles. The van der Waals surface area contributed by atoms with Crippen LogP contribution in [0.4, 0.5) is 5.69 Å². The largest absolute Gasteiger partial charge is 0.349 e. The number of nitro benzene ring substituents is 1. The fourth-order valence-electron chi connectivity index (χ4n) is 3.79. The van der Waals surface area contributed by atoms with Crippen molar-refractivity contribution in [3.63, 3.8) is 0 Å². The van der Waals surface area contributed by atoms with Crippen molar-refractivity contribution < 1.29 is 9.72 Å². The Hall–Kier alpha value is -2.97. The van der Waals surface area contributed by atoms with Gasteiger partial charge in [-0.1, -0.05) is 23.7 Å². The van der Waals surface area contributed by atoms with E-state index in [1.807, 2.05) is 24.3 Å². The lowest BCUT2D eigenvalue weighted by Crippen LogP contribution is -2.37. The fourth-order valence-corrected chi connectivity index (χ4v) is 3.99. The van der Waals surface area contributed by atoms with Crippen LogP contribution < -0.4 is 5.32 Å². The second-order valence-corrected chi connectivity index (χ2v) is 7.52. The number of carbonyl (C=O) groups is 1. The van der Waals surface area contributed by atoms with Crippen LogP contribution in [-0.2, 0) is 0 Å². The Morgan fingerprint density at radius 1 is 1.28 bits per heavy atom. The summed E-state index contributed by atoms with van der Waals surface area (Å²) in [4.78, 5) is 25.7. The van der Waals surface area contributed by atoms with Crippen LogP contribution in [0.1, 0.15) is 34.9 Å². The smallest absolute Gasteiger partial charge is 0.272 e. The summed E-state index contributed by atoms with van der Waals surface area (Å²) < 4.78 is 0. The lowest BCUT2D eigenvalue weighted by molar-refractivity contribution is -0.384. The fraction of sp³-hybridized carbons (Fsp3) is 0.300. The van der Waals surface area contributed by atoms with Crippen LogP contribution >= 0.6 is 11.6 Å². The molecule has 1 saturated heterocycles. The van der Waals surface area contributed by atoms with Crippen LogP contribution in [0.5, 0.6) is 0 Å². The van der Waals surface area contributed by atoms with Gasteiger partial charge in [-0.15, -0.1) is 0 Å². The third-order valence-electron chi connectivity index (χ3n) is 5.24. The molecule has 2 N–H and O–H groups in total. The van der Waals surface area contributed by atoms with Crippen molar-refractivity contribution in [2.75, 3.05) is 19.6 Å². The summed E-state index contributed by atoms with van der Waals surface area (Å²) in [5.41, 5.74) is 1.69. The van der Waals surface area contributed by atoms with Gasteiger partial charge in [0.25, 0.3) is 11.6 Å². The van der Waals surface area contributed by atoms with Crippen molar-refractivity contribution in [2.45, 2.75) is 18.9 Å². The number of likely N-dealkylation sites (tertiary alicyclic amines) is 1. The van der Waals surface area contributed by atoms with E-state index in [2.05, 4.69) is 20.4 Å². The third-order valence-corrected chi connectivity index (χ3v) is 5.48. The summed E-state index contributed by atoms with van der Waals surface area (Å²) in [7, 11) is 0. The first-order valence-corrected chi connectivity index (χ1v) is 9.81. The molecule has 0 saturated carbocycles. The zero-order chi connectivity index (χ0) is 20.4. The number of carbonyl (C=O) groups excluding carboxylic acids is 1. The standard InChI is InChI=1S/C20H20ClN5O3/c21-14-5-3-4-13(10-14)18(25-8-1-2-9-25)12-22-20(27)19-16-11-15(26(28)29)6-7-17(16)23-24-19/h3-7,10-11,18H,1-2,8-9,12H2,(H,22,27)(H,23,24). The maximum Gasteiger partial charge on any atom is 0.272 e. The van der Waals surface area contributed by atoms with Crippen molar-refractivity contribution >= 4 is 34.1 Å². The van der Waals surface area contributed by atoms with Gasteiger partial charge >= 0.3 is 0 Å². The van der Waals surface area contributed by atoms with E-state index in [1.54, 1.807) is 6.07 Å². The molecule has 2 heterocycles. The number of fused-ring (bicyclic) bond motifs is 1. The minimum absolute atomic E-state index is 0.000285. The second-order valence-electron chi connectivity index (χ2n) is 7.08. The molecule has 1 fully saturated rings. The molecule has 1 aliphatic rings.